The van der Waals surface area contributed by atoms with Crippen molar-refractivity contribution in [2.24, 2.45) is 0 Å². The van der Waals surface area contributed by atoms with Crippen molar-refractivity contribution < 1.29 is 9.53 Å². The van der Waals surface area contributed by atoms with Gasteiger partial charge in [0, 0.05) is 10.2 Å². The summed E-state index contributed by atoms with van der Waals surface area (Å²) in [5.74, 6) is 0.294. The van der Waals surface area contributed by atoms with E-state index in [-0.39, 0.29) is 12.5 Å². The number of hydrogen-bond acceptors (Lipinski definition) is 3. The molecule has 0 aliphatic rings. The number of halogens is 2. The Morgan fingerprint density at radius 1 is 1.25 bits per heavy atom. The van der Waals surface area contributed by atoms with Gasteiger partial charge in [0.05, 0.1) is 10.7 Å². The lowest BCUT2D eigenvalue weighted by molar-refractivity contribution is -0.118. The van der Waals surface area contributed by atoms with E-state index in [9.17, 15) is 4.79 Å². The Labute approximate surface area is 130 Å². The van der Waals surface area contributed by atoms with Gasteiger partial charge in [0.25, 0.3) is 5.91 Å². The third kappa shape index (κ3) is 4.15. The molecular formula is C14H12BrClN2O2. The summed E-state index contributed by atoms with van der Waals surface area (Å²) in [6.07, 6.45) is 0. The Kier molecular flexibility index (Phi) is 4.87. The summed E-state index contributed by atoms with van der Waals surface area (Å²) in [6.45, 7) is -0.101. The van der Waals surface area contributed by atoms with Crippen LogP contribution in [0.25, 0.3) is 0 Å². The molecule has 0 atom stereocenters. The van der Waals surface area contributed by atoms with Crippen molar-refractivity contribution in [3.05, 3.63) is 52.0 Å². The van der Waals surface area contributed by atoms with Gasteiger partial charge in [0.15, 0.2) is 6.61 Å². The van der Waals surface area contributed by atoms with Crippen LogP contribution in [0.1, 0.15) is 0 Å². The van der Waals surface area contributed by atoms with E-state index in [0.29, 0.717) is 22.1 Å². The largest absolute Gasteiger partial charge is 0.484 e. The standard InChI is InChI=1S/C14H12BrClN2O2/c15-9-1-6-13(12(16)7-9)18-14(19)8-20-11-4-2-10(17)3-5-11/h1-7H,8,17H2,(H,18,19). The van der Waals surface area contributed by atoms with Crippen LogP contribution >= 0.6 is 27.5 Å². The van der Waals surface area contributed by atoms with Crippen molar-refractivity contribution in [3.63, 3.8) is 0 Å². The third-order valence-electron chi connectivity index (χ3n) is 2.46. The van der Waals surface area contributed by atoms with E-state index in [4.69, 9.17) is 22.1 Å². The van der Waals surface area contributed by atoms with E-state index in [1.54, 1.807) is 42.5 Å². The van der Waals surface area contributed by atoms with Crippen molar-refractivity contribution in [2.75, 3.05) is 17.7 Å². The minimum atomic E-state index is -0.286. The van der Waals surface area contributed by atoms with Gasteiger partial charge in [-0.15, -0.1) is 0 Å². The Bertz CT molecular complexity index is 617. The second kappa shape index (κ2) is 6.63. The number of nitrogens with one attached hydrogen (secondary N) is 1. The van der Waals surface area contributed by atoms with Gasteiger partial charge in [-0.3, -0.25) is 4.79 Å². The molecule has 20 heavy (non-hydrogen) atoms. The van der Waals surface area contributed by atoms with Gasteiger partial charge in [-0.2, -0.15) is 0 Å². The first-order valence-electron chi connectivity index (χ1n) is 5.78. The number of anilines is 2. The summed E-state index contributed by atoms with van der Waals surface area (Å²) in [6, 6.07) is 12.0. The zero-order chi connectivity index (χ0) is 14.5. The Morgan fingerprint density at radius 3 is 2.60 bits per heavy atom. The molecule has 0 fully saturated rings. The average molecular weight is 356 g/mol. The first kappa shape index (κ1) is 14.7. The number of amides is 1. The fraction of sp³-hybridized carbons (Fsp3) is 0.0714. The van der Waals surface area contributed by atoms with Crippen LogP contribution in [0, 0.1) is 0 Å². The van der Waals surface area contributed by atoms with E-state index < -0.39 is 0 Å². The highest BCUT2D eigenvalue weighted by Gasteiger charge is 2.07. The van der Waals surface area contributed by atoms with Crippen LogP contribution in [-0.2, 0) is 4.79 Å². The molecule has 4 nitrogen and oxygen atoms in total. The quantitative estimate of drug-likeness (QED) is 0.822. The number of benzene rings is 2. The maximum Gasteiger partial charge on any atom is 0.262 e. The lowest BCUT2D eigenvalue weighted by Crippen LogP contribution is -2.20. The molecule has 1 amide bonds. The first-order chi connectivity index (χ1) is 9.54. The molecule has 0 unspecified atom stereocenters. The van der Waals surface area contributed by atoms with Crippen molar-refractivity contribution in [2.45, 2.75) is 0 Å². The number of carbonyl (C=O) groups is 1. The predicted molar refractivity (Wildman–Crippen MR) is 84.1 cm³/mol. The summed E-state index contributed by atoms with van der Waals surface area (Å²) in [5.41, 5.74) is 6.74. The molecule has 104 valence electrons. The fourth-order valence-electron chi connectivity index (χ4n) is 1.49. The zero-order valence-electron chi connectivity index (χ0n) is 10.4. The Balaban J connectivity index is 1.90. The second-order valence-corrected chi connectivity index (χ2v) is 5.35. The van der Waals surface area contributed by atoms with Crippen molar-refractivity contribution in [1.29, 1.82) is 0 Å². The highest BCUT2D eigenvalue weighted by Crippen LogP contribution is 2.25. The molecule has 0 saturated heterocycles. The number of carbonyl (C=O) groups excluding carboxylic acids is 1. The third-order valence-corrected chi connectivity index (χ3v) is 3.26. The summed E-state index contributed by atoms with van der Waals surface area (Å²) >= 11 is 9.31. The monoisotopic (exact) mass is 354 g/mol. The Morgan fingerprint density at radius 2 is 1.95 bits per heavy atom. The van der Waals surface area contributed by atoms with Gasteiger partial charge < -0.3 is 15.8 Å². The molecule has 0 aromatic heterocycles. The highest BCUT2D eigenvalue weighted by atomic mass is 79.9. The van der Waals surface area contributed by atoms with Crippen LogP contribution in [0.2, 0.25) is 5.02 Å². The van der Waals surface area contributed by atoms with E-state index >= 15 is 0 Å². The Hall–Kier alpha value is -1.72. The van der Waals surface area contributed by atoms with E-state index in [0.717, 1.165) is 4.47 Å². The zero-order valence-corrected chi connectivity index (χ0v) is 12.7. The maximum absolute atomic E-state index is 11.8. The molecule has 2 aromatic rings. The number of nitrogen functional groups attached to an aromatic ring is 1. The fourth-order valence-corrected chi connectivity index (χ4v) is 2.21. The molecule has 0 radical (unpaired) electrons. The van der Waals surface area contributed by atoms with Crippen LogP contribution in [-0.4, -0.2) is 12.5 Å². The normalized spacial score (nSPS) is 10.1. The molecule has 2 aromatic carbocycles. The van der Waals surface area contributed by atoms with Crippen molar-refractivity contribution in [1.82, 2.24) is 0 Å². The molecule has 3 N–H and O–H groups in total. The van der Waals surface area contributed by atoms with Crippen LogP contribution in [0.15, 0.2) is 46.9 Å². The number of hydrogen-bond donors (Lipinski definition) is 2. The number of nitrogens with two attached hydrogens (primary N) is 1. The lowest BCUT2D eigenvalue weighted by Gasteiger charge is -2.09. The van der Waals surface area contributed by atoms with Gasteiger partial charge in [-0.05, 0) is 42.5 Å². The van der Waals surface area contributed by atoms with Crippen molar-refractivity contribution >= 4 is 44.8 Å². The summed E-state index contributed by atoms with van der Waals surface area (Å²) < 4.78 is 6.18. The second-order valence-electron chi connectivity index (χ2n) is 4.03. The number of rotatable bonds is 4. The summed E-state index contributed by atoms with van der Waals surface area (Å²) in [7, 11) is 0. The minimum Gasteiger partial charge on any atom is -0.484 e. The highest BCUT2D eigenvalue weighted by molar-refractivity contribution is 9.10. The van der Waals surface area contributed by atoms with Crippen LogP contribution < -0.4 is 15.8 Å². The predicted octanol–water partition coefficient (Wildman–Crippen LogP) is 3.70. The molecule has 0 aliphatic heterocycles. The molecule has 0 bridgehead atoms. The van der Waals surface area contributed by atoms with E-state index in [2.05, 4.69) is 21.2 Å². The topological polar surface area (TPSA) is 64.3 Å². The van der Waals surface area contributed by atoms with Crippen LogP contribution in [0.3, 0.4) is 0 Å². The molecule has 2 rings (SSSR count). The van der Waals surface area contributed by atoms with Gasteiger partial charge in [0.1, 0.15) is 5.75 Å². The molecule has 0 spiro atoms. The summed E-state index contributed by atoms with van der Waals surface area (Å²) in [4.78, 5) is 11.8. The smallest absolute Gasteiger partial charge is 0.262 e. The molecule has 6 heteroatoms. The first-order valence-corrected chi connectivity index (χ1v) is 6.95. The van der Waals surface area contributed by atoms with Gasteiger partial charge >= 0.3 is 0 Å². The van der Waals surface area contributed by atoms with Crippen molar-refractivity contribution in [3.8, 4) is 5.75 Å². The molecular weight excluding hydrogens is 344 g/mol. The maximum atomic E-state index is 11.8. The average Bonchev–Trinajstić information content (AvgIpc) is 2.41. The van der Waals surface area contributed by atoms with E-state index in [1.807, 2.05) is 0 Å². The summed E-state index contributed by atoms with van der Waals surface area (Å²) in [5, 5.41) is 3.14. The van der Waals surface area contributed by atoms with Gasteiger partial charge in [-0.1, -0.05) is 27.5 Å². The van der Waals surface area contributed by atoms with E-state index in [1.165, 1.54) is 0 Å². The van der Waals surface area contributed by atoms with Crippen LogP contribution in [0.5, 0.6) is 5.75 Å². The molecule has 0 heterocycles. The van der Waals surface area contributed by atoms with Gasteiger partial charge in [0.2, 0.25) is 0 Å². The SMILES string of the molecule is Nc1ccc(OCC(=O)Nc2ccc(Br)cc2Cl)cc1. The number of ether oxygens (including phenoxy) is 1. The lowest BCUT2D eigenvalue weighted by atomic mass is 10.3. The molecule has 0 saturated carbocycles. The molecule has 0 aliphatic carbocycles. The van der Waals surface area contributed by atoms with Gasteiger partial charge in [-0.25, -0.2) is 0 Å². The van der Waals surface area contributed by atoms with Crippen LogP contribution in [0.4, 0.5) is 11.4 Å². The minimum absolute atomic E-state index is 0.101.